The van der Waals surface area contributed by atoms with Crippen LogP contribution in [0.4, 0.5) is 5.69 Å². The lowest BCUT2D eigenvalue weighted by Crippen LogP contribution is -2.56. The normalized spacial score (nSPS) is 19.7. The van der Waals surface area contributed by atoms with Gasteiger partial charge in [-0.15, -0.1) is 0 Å². The predicted octanol–water partition coefficient (Wildman–Crippen LogP) is 0.382. The molecule has 5 N–H and O–H groups in total. The van der Waals surface area contributed by atoms with Gasteiger partial charge in [0.05, 0.1) is 23.4 Å². The van der Waals surface area contributed by atoms with Crippen molar-refractivity contribution in [3.8, 4) is 0 Å². The van der Waals surface area contributed by atoms with Crippen molar-refractivity contribution in [3.63, 3.8) is 0 Å². The van der Waals surface area contributed by atoms with E-state index in [0.29, 0.717) is 24.6 Å². The van der Waals surface area contributed by atoms with E-state index in [-0.39, 0.29) is 12.1 Å². The third-order valence-electron chi connectivity index (χ3n) is 6.09. The highest BCUT2D eigenvalue weighted by molar-refractivity contribution is 6.01. The lowest BCUT2D eigenvalue weighted by Gasteiger charge is -2.37. The molecule has 2 aliphatic heterocycles. The maximum Gasteiger partial charge on any atom is 0.257 e. The first-order chi connectivity index (χ1) is 13.6. The van der Waals surface area contributed by atoms with E-state index in [9.17, 15) is 4.79 Å². The summed E-state index contributed by atoms with van der Waals surface area (Å²) < 4.78 is 1.79. The Balaban J connectivity index is 1.49. The first-order valence-electron chi connectivity index (χ1n) is 10.0. The van der Waals surface area contributed by atoms with Gasteiger partial charge in [0, 0.05) is 45.1 Å². The Bertz CT molecular complexity index is 820. The molecule has 0 bridgehead atoms. The van der Waals surface area contributed by atoms with Crippen molar-refractivity contribution in [2.45, 2.75) is 31.8 Å². The van der Waals surface area contributed by atoms with E-state index in [1.807, 2.05) is 11.1 Å². The van der Waals surface area contributed by atoms with E-state index in [1.54, 1.807) is 22.8 Å². The molecule has 1 unspecified atom stereocenters. The molecule has 2 saturated heterocycles. The zero-order chi connectivity index (χ0) is 19.7. The predicted molar refractivity (Wildman–Crippen MR) is 108 cm³/mol. The van der Waals surface area contributed by atoms with Crippen LogP contribution in [0.2, 0.25) is 0 Å². The fraction of sp³-hybridized carbons (Fsp3) is 0.579. The minimum Gasteiger partial charge on any atom is -0.371 e. The number of likely N-dealkylation sites (tertiary alicyclic amines) is 1. The number of nitrogens with one attached hydrogen (secondary N) is 1. The highest BCUT2D eigenvalue weighted by atomic mass is 16.2. The fourth-order valence-electron chi connectivity index (χ4n) is 4.48. The van der Waals surface area contributed by atoms with Gasteiger partial charge in [0.15, 0.2) is 0 Å². The second-order valence-electron chi connectivity index (χ2n) is 7.87. The van der Waals surface area contributed by atoms with Crippen LogP contribution in [-0.2, 0) is 0 Å². The van der Waals surface area contributed by atoms with Crippen LogP contribution in [0, 0.1) is 5.92 Å². The van der Waals surface area contributed by atoms with Crippen molar-refractivity contribution in [1.82, 2.24) is 24.9 Å². The van der Waals surface area contributed by atoms with Gasteiger partial charge in [-0.05, 0) is 43.7 Å². The summed E-state index contributed by atoms with van der Waals surface area (Å²) in [7, 11) is 1.80. The van der Waals surface area contributed by atoms with Crippen LogP contribution in [0.1, 0.15) is 36.0 Å². The molecular weight excluding hydrogens is 356 g/mol. The van der Waals surface area contributed by atoms with Gasteiger partial charge in [0.2, 0.25) is 0 Å². The molecule has 28 heavy (non-hydrogen) atoms. The number of nitrogens with zero attached hydrogens (tertiary/aromatic N) is 5. The zero-order valence-corrected chi connectivity index (χ0v) is 16.4. The van der Waals surface area contributed by atoms with Gasteiger partial charge in [0.1, 0.15) is 0 Å². The van der Waals surface area contributed by atoms with Crippen LogP contribution in [0.15, 0.2) is 24.5 Å². The molecule has 4 heterocycles. The van der Waals surface area contributed by atoms with Crippen LogP contribution < -0.4 is 22.0 Å². The van der Waals surface area contributed by atoms with Gasteiger partial charge in [-0.2, -0.15) is 5.10 Å². The van der Waals surface area contributed by atoms with Gasteiger partial charge in [-0.1, -0.05) is 0 Å². The number of rotatable bonds is 5. The van der Waals surface area contributed by atoms with E-state index < -0.39 is 0 Å². The average Bonchev–Trinajstić information content (AvgIpc) is 3.38. The first-order valence-corrected chi connectivity index (χ1v) is 10.0. The summed E-state index contributed by atoms with van der Waals surface area (Å²) in [6, 6.07) is 4.17. The van der Waals surface area contributed by atoms with E-state index in [0.717, 1.165) is 31.4 Å². The minimum absolute atomic E-state index is 0.0467. The molecular formula is C19H30N8O. The summed E-state index contributed by atoms with van der Waals surface area (Å²) in [4.78, 5) is 17.5. The molecule has 1 amide bonds. The lowest BCUT2D eigenvalue weighted by molar-refractivity contribution is 0.0566. The van der Waals surface area contributed by atoms with Gasteiger partial charge < -0.3 is 9.80 Å². The van der Waals surface area contributed by atoms with Gasteiger partial charge in [0.25, 0.3) is 5.91 Å². The number of hydrazine groups is 2. The van der Waals surface area contributed by atoms with Crippen molar-refractivity contribution in [2.75, 3.05) is 38.1 Å². The highest BCUT2D eigenvalue weighted by Gasteiger charge is 2.30. The van der Waals surface area contributed by atoms with Crippen molar-refractivity contribution in [1.29, 1.82) is 0 Å². The SMILES string of the molecule is CN(N)C(NN)C1CCN(C(=O)c2cnn3ccc(N4CCCC4)cc23)CC1. The van der Waals surface area contributed by atoms with Crippen molar-refractivity contribution in [2.24, 2.45) is 17.6 Å². The quantitative estimate of drug-likeness (QED) is 0.387. The largest absolute Gasteiger partial charge is 0.371 e. The molecule has 2 aliphatic rings. The third-order valence-corrected chi connectivity index (χ3v) is 6.09. The molecule has 1 atom stereocenters. The van der Waals surface area contributed by atoms with Crippen LogP contribution in [0.5, 0.6) is 0 Å². The second-order valence-corrected chi connectivity index (χ2v) is 7.87. The lowest BCUT2D eigenvalue weighted by atomic mass is 9.93. The Morgan fingerprint density at radius 3 is 2.64 bits per heavy atom. The number of piperidine rings is 1. The summed E-state index contributed by atoms with van der Waals surface area (Å²) in [6.07, 6.45) is 7.72. The number of amides is 1. The Hall–Kier alpha value is -2.20. The Kier molecular flexibility index (Phi) is 5.49. The van der Waals surface area contributed by atoms with E-state index in [1.165, 1.54) is 18.5 Å². The van der Waals surface area contributed by atoms with Crippen molar-refractivity contribution < 1.29 is 4.79 Å². The van der Waals surface area contributed by atoms with Gasteiger partial charge >= 0.3 is 0 Å². The number of hydrogen-bond acceptors (Lipinski definition) is 7. The number of carbonyl (C=O) groups is 1. The molecule has 9 heteroatoms. The molecule has 2 fully saturated rings. The fourth-order valence-corrected chi connectivity index (χ4v) is 4.48. The molecule has 0 radical (unpaired) electrons. The molecule has 0 aliphatic carbocycles. The maximum absolute atomic E-state index is 13.2. The van der Waals surface area contributed by atoms with Crippen LogP contribution >= 0.6 is 0 Å². The second kappa shape index (κ2) is 8.04. The monoisotopic (exact) mass is 386 g/mol. The first kappa shape index (κ1) is 19.1. The summed E-state index contributed by atoms with van der Waals surface area (Å²) >= 11 is 0. The molecule has 4 rings (SSSR count). The molecule has 9 nitrogen and oxygen atoms in total. The smallest absolute Gasteiger partial charge is 0.257 e. The number of pyridine rings is 1. The molecule has 152 valence electrons. The van der Waals surface area contributed by atoms with Gasteiger partial charge in [-0.3, -0.25) is 16.5 Å². The van der Waals surface area contributed by atoms with Gasteiger partial charge in [-0.25, -0.2) is 15.0 Å². The number of hydrogen-bond donors (Lipinski definition) is 3. The number of carbonyl (C=O) groups excluding carboxylic acids is 1. The summed E-state index contributed by atoms with van der Waals surface area (Å²) in [5, 5.41) is 5.99. The molecule has 2 aromatic heterocycles. The van der Waals surface area contributed by atoms with Crippen molar-refractivity contribution in [3.05, 3.63) is 30.1 Å². The van der Waals surface area contributed by atoms with Crippen molar-refractivity contribution >= 4 is 17.1 Å². The Morgan fingerprint density at radius 1 is 1.29 bits per heavy atom. The number of aromatic nitrogens is 2. The summed E-state index contributed by atoms with van der Waals surface area (Å²) in [5.74, 6) is 11.9. The standard InChI is InChI=1S/C19H30N8O/c1-24(21)18(23-20)14-4-9-26(10-5-14)19(28)16-13-22-27-11-6-15(12-17(16)27)25-7-2-3-8-25/h6,11-14,18,23H,2-5,7-10,20-21H2,1H3. The average molecular weight is 387 g/mol. The summed E-state index contributed by atoms with van der Waals surface area (Å²) in [5.41, 5.74) is 5.49. The van der Waals surface area contributed by atoms with Crippen LogP contribution in [0.3, 0.4) is 0 Å². The van der Waals surface area contributed by atoms with Crippen LogP contribution in [0.25, 0.3) is 5.52 Å². The Morgan fingerprint density at radius 2 is 2.00 bits per heavy atom. The molecule has 0 saturated carbocycles. The topological polar surface area (TPSA) is 108 Å². The highest BCUT2D eigenvalue weighted by Crippen LogP contribution is 2.26. The van der Waals surface area contributed by atoms with E-state index in [4.69, 9.17) is 11.7 Å². The van der Waals surface area contributed by atoms with E-state index in [2.05, 4.69) is 27.6 Å². The number of fused-ring (bicyclic) bond motifs is 1. The molecule has 2 aromatic rings. The maximum atomic E-state index is 13.2. The number of anilines is 1. The third kappa shape index (κ3) is 3.58. The Labute approximate surface area is 165 Å². The molecule has 0 aromatic carbocycles. The van der Waals surface area contributed by atoms with Crippen LogP contribution in [-0.4, -0.2) is 64.8 Å². The zero-order valence-electron chi connectivity index (χ0n) is 16.4. The summed E-state index contributed by atoms with van der Waals surface area (Å²) in [6.45, 7) is 3.54. The minimum atomic E-state index is -0.0859. The molecule has 0 spiro atoms. The number of nitrogens with two attached hydrogens (primary N) is 2. The van der Waals surface area contributed by atoms with E-state index >= 15 is 0 Å².